The molecule has 3 heteroatoms. The number of carbonyl (C=O) groups is 1. The fourth-order valence-electron chi connectivity index (χ4n) is 2.00. The van der Waals surface area contributed by atoms with Crippen LogP contribution in [0, 0.1) is 13.8 Å². The van der Waals surface area contributed by atoms with Gasteiger partial charge in [0.1, 0.15) is 0 Å². The topological polar surface area (TPSA) is 52.3 Å². The van der Waals surface area contributed by atoms with Crippen LogP contribution in [0.5, 0.6) is 0 Å². The van der Waals surface area contributed by atoms with E-state index >= 15 is 0 Å². The maximum atomic E-state index is 11.4. The number of hydrogen-bond acceptors (Lipinski definition) is 3. The van der Waals surface area contributed by atoms with Gasteiger partial charge in [-0.2, -0.15) is 0 Å². The molecule has 0 saturated heterocycles. The number of ether oxygens (including phenoxy) is 1. The molecule has 0 fully saturated rings. The SMILES string of the molecule is COC(=O)CC(c1cc(C)ccc1C)C(C)N. The fourth-order valence-corrected chi connectivity index (χ4v) is 2.00. The highest BCUT2D eigenvalue weighted by Gasteiger charge is 2.22. The highest BCUT2D eigenvalue weighted by Crippen LogP contribution is 2.27. The molecular formula is C14H21NO2. The van der Waals surface area contributed by atoms with Gasteiger partial charge in [-0.3, -0.25) is 4.79 Å². The van der Waals surface area contributed by atoms with E-state index in [0.29, 0.717) is 6.42 Å². The van der Waals surface area contributed by atoms with Crippen LogP contribution in [0.4, 0.5) is 0 Å². The molecular weight excluding hydrogens is 214 g/mol. The van der Waals surface area contributed by atoms with Crippen molar-refractivity contribution in [2.75, 3.05) is 7.11 Å². The third kappa shape index (κ3) is 3.56. The zero-order valence-corrected chi connectivity index (χ0v) is 11.0. The summed E-state index contributed by atoms with van der Waals surface area (Å²) in [7, 11) is 1.41. The summed E-state index contributed by atoms with van der Waals surface area (Å²) in [4.78, 5) is 11.4. The Bertz CT molecular complexity index is 399. The highest BCUT2D eigenvalue weighted by atomic mass is 16.5. The summed E-state index contributed by atoms with van der Waals surface area (Å²) in [5.74, 6) is -0.199. The van der Waals surface area contributed by atoms with Gasteiger partial charge in [0.2, 0.25) is 0 Å². The molecule has 2 unspecified atom stereocenters. The zero-order chi connectivity index (χ0) is 13.0. The zero-order valence-electron chi connectivity index (χ0n) is 11.0. The molecule has 0 amide bonds. The van der Waals surface area contributed by atoms with Crippen LogP contribution in [0.25, 0.3) is 0 Å². The first-order chi connectivity index (χ1) is 7.95. The van der Waals surface area contributed by atoms with Crippen LogP contribution in [-0.4, -0.2) is 19.1 Å². The Morgan fingerprint density at radius 2 is 2.06 bits per heavy atom. The van der Waals surface area contributed by atoms with Crippen LogP contribution >= 0.6 is 0 Å². The number of rotatable bonds is 4. The normalized spacial score (nSPS) is 14.2. The van der Waals surface area contributed by atoms with E-state index in [1.165, 1.54) is 18.2 Å². The highest BCUT2D eigenvalue weighted by molar-refractivity contribution is 5.70. The van der Waals surface area contributed by atoms with Crippen molar-refractivity contribution in [2.24, 2.45) is 5.73 Å². The second-order valence-corrected chi connectivity index (χ2v) is 4.61. The number of carbonyl (C=O) groups excluding carboxylic acids is 1. The van der Waals surface area contributed by atoms with Crippen molar-refractivity contribution >= 4 is 5.97 Å². The summed E-state index contributed by atoms with van der Waals surface area (Å²) in [6, 6.07) is 6.16. The molecule has 3 nitrogen and oxygen atoms in total. The first-order valence-electron chi connectivity index (χ1n) is 5.85. The van der Waals surface area contributed by atoms with Crippen LogP contribution in [0.15, 0.2) is 18.2 Å². The van der Waals surface area contributed by atoms with Gasteiger partial charge in [-0.25, -0.2) is 0 Å². The van der Waals surface area contributed by atoms with Gasteiger partial charge in [0, 0.05) is 12.0 Å². The average molecular weight is 235 g/mol. The van der Waals surface area contributed by atoms with E-state index < -0.39 is 0 Å². The van der Waals surface area contributed by atoms with Crippen molar-refractivity contribution in [3.05, 3.63) is 34.9 Å². The lowest BCUT2D eigenvalue weighted by molar-refractivity contribution is -0.141. The minimum Gasteiger partial charge on any atom is -0.469 e. The van der Waals surface area contributed by atoms with Gasteiger partial charge in [-0.15, -0.1) is 0 Å². The van der Waals surface area contributed by atoms with E-state index in [4.69, 9.17) is 10.5 Å². The first kappa shape index (κ1) is 13.7. The molecule has 0 aliphatic heterocycles. The lowest BCUT2D eigenvalue weighted by Crippen LogP contribution is -2.27. The Kier molecular flexibility index (Phi) is 4.70. The summed E-state index contributed by atoms with van der Waals surface area (Å²) in [5, 5.41) is 0. The minimum absolute atomic E-state index is 0.0161. The molecule has 17 heavy (non-hydrogen) atoms. The molecule has 1 aromatic carbocycles. The van der Waals surface area contributed by atoms with Crippen molar-refractivity contribution in [3.63, 3.8) is 0 Å². The van der Waals surface area contributed by atoms with Crippen molar-refractivity contribution in [3.8, 4) is 0 Å². The smallest absolute Gasteiger partial charge is 0.306 e. The van der Waals surface area contributed by atoms with Crippen molar-refractivity contribution < 1.29 is 9.53 Å². The second-order valence-electron chi connectivity index (χ2n) is 4.61. The van der Waals surface area contributed by atoms with Gasteiger partial charge >= 0.3 is 5.97 Å². The molecule has 94 valence electrons. The van der Waals surface area contributed by atoms with Gasteiger partial charge in [0.25, 0.3) is 0 Å². The number of esters is 1. The van der Waals surface area contributed by atoms with E-state index in [1.807, 2.05) is 20.8 Å². The number of benzene rings is 1. The Balaban J connectivity index is 3.05. The number of nitrogens with two attached hydrogens (primary N) is 1. The molecule has 2 N–H and O–H groups in total. The molecule has 0 aliphatic carbocycles. The third-order valence-corrected chi connectivity index (χ3v) is 3.08. The van der Waals surface area contributed by atoms with Crippen LogP contribution in [0.3, 0.4) is 0 Å². The largest absolute Gasteiger partial charge is 0.469 e. The fraction of sp³-hybridized carbons (Fsp3) is 0.500. The molecule has 0 saturated carbocycles. The molecule has 0 bridgehead atoms. The van der Waals surface area contributed by atoms with E-state index in [9.17, 15) is 4.79 Å². The lowest BCUT2D eigenvalue weighted by Gasteiger charge is -2.22. The van der Waals surface area contributed by atoms with Gasteiger partial charge in [0.15, 0.2) is 0 Å². The summed E-state index contributed by atoms with van der Waals surface area (Å²) in [6.07, 6.45) is 0.332. The molecule has 0 aliphatic rings. The minimum atomic E-state index is -0.215. The van der Waals surface area contributed by atoms with Crippen LogP contribution in [0.1, 0.15) is 36.0 Å². The molecule has 0 spiro atoms. The monoisotopic (exact) mass is 235 g/mol. The molecule has 1 rings (SSSR count). The maximum absolute atomic E-state index is 11.4. The second kappa shape index (κ2) is 5.82. The van der Waals surface area contributed by atoms with Gasteiger partial charge in [0.05, 0.1) is 13.5 Å². The van der Waals surface area contributed by atoms with Crippen molar-refractivity contribution in [1.29, 1.82) is 0 Å². The summed E-state index contributed by atoms with van der Waals surface area (Å²) < 4.78 is 4.73. The number of aryl methyl sites for hydroxylation is 2. The standard InChI is InChI=1S/C14H21NO2/c1-9-5-6-10(2)12(7-9)13(11(3)15)8-14(16)17-4/h5-7,11,13H,8,15H2,1-4H3. The van der Waals surface area contributed by atoms with E-state index in [0.717, 1.165) is 5.56 Å². The van der Waals surface area contributed by atoms with Gasteiger partial charge in [-0.05, 0) is 31.9 Å². The number of methoxy groups -OCH3 is 1. The van der Waals surface area contributed by atoms with Crippen LogP contribution in [-0.2, 0) is 9.53 Å². The van der Waals surface area contributed by atoms with Crippen LogP contribution < -0.4 is 5.73 Å². The predicted octanol–water partition coefficient (Wildman–Crippen LogP) is 2.30. The summed E-state index contributed by atoms with van der Waals surface area (Å²) in [6.45, 7) is 6.01. The third-order valence-electron chi connectivity index (χ3n) is 3.08. The molecule has 0 aromatic heterocycles. The quantitative estimate of drug-likeness (QED) is 0.815. The van der Waals surface area contributed by atoms with E-state index in [1.54, 1.807) is 0 Å². The maximum Gasteiger partial charge on any atom is 0.306 e. The predicted molar refractivity (Wildman–Crippen MR) is 68.9 cm³/mol. The lowest BCUT2D eigenvalue weighted by atomic mass is 9.86. The van der Waals surface area contributed by atoms with Gasteiger partial charge in [-0.1, -0.05) is 23.8 Å². The average Bonchev–Trinajstić information content (AvgIpc) is 2.28. The Morgan fingerprint density at radius 1 is 1.41 bits per heavy atom. The molecule has 1 aromatic rings. The first-order valence-corrected chi connectivity index (χ1v) is 5.85. The Hall–Kier alpha value is -1.35. The molecule has 2 atom stereocenters. The van der Waals surface area contributed by atoms with Crippen molar-refractivity contribution in [2.45, 2.75) is 39.2 Å². The summed E-state index contributed by atoms with van der Waals surface area (Å²) >= 11 is 0. The summed E-state index contributed by atoms with van der Waals surface area (Å²) in [5.41, 5.74) is 9.48. The van der Waals surface area contributed by atoms with Gasteiger partial charge < -0.3 is 10.5 Å². The van der Waals surface area contributed by atoms with E-state index in [-0.39, 0.29) is 17.9 Å². The Labute approximate surface area is 103 Å². The Morgan fingerprint density at radius 3 is 2.59 bits per heavy atom. The molecule has 0 radical (unpaired) electrons. The van der Waals surface area contributed by atoms with Crippen LogP contribution in [0.2, 0.25) is 0 Å². The number of hydrogen-bond donors (Lipinski definition) is 1. The van der Waals surface area contributed by atoms with E-state index in [2.05, 4.69) is 18.2 Å². The molecule has 0 heterocycles. The van der Waals surface area contributed by atoms with Crippen molar-refractivity contribution in [1.82, 2.24) is 0 Å².